The molecule has 0 aromatic heterocycles. The molecule has 0 radical (unpaired) electrons. The molecule has 0 aliphatic heterocycles. The van der Waals surface area contributed by atoms with Crippen LogP contribution >= 0.6 is 17.0 Å². The molecule has 0 atom stereocenters. The Morgan fingerprint density at radius 3 is 1.30 bits per heavy atom. The molecule has 0 aliphatic carbocycles. The number of nitrogens with two attached hydrogens (primary N) is 1. The monoisotopic (exact) mass is 385 g/mol. The molecule has 0 aliphatic rings. The van der Waals surface area contributed by atoms with Crippen LogP contribution in [0.5, 0.6) is 0 Å². The molecule has 2 N–H and O–H groups in total. The summed E-state index contributed by atoms with van der Waals surface area (Å²) in [5.74, 6) is 0. The van der Waals surface area contributed by atoms with E-state index in [1.165, 1.54) is 64.2 Å². The van der Waals surface area contributed by atoms with E-state index in [1.807, 2.05) is 0 Å². The summed E-state index contributed by atoms with van der Waals surface area (Å²) in [7, 11) is 0. The van der Waals surface area contributed by atoms with Crippen molar-refractivity contribution in [1.82, 2.24) is 0 Å². The summed E-state index contributed by atoms with van der Waals surface area (Å²) < 4.78 is 0. The average Bonchev–Trinajstić information content (AvgIpc) is 2.50. The second-order valence-corrected chi connectivity index (χ2v) is 6.70. The standard InChI is InChI=1S/C21H39N.BrH/c1-4-16-21(17-5-2,18-6-3)19-14-12-10-8-7-9-11-13-15-20-22;/h4-6H,1-3,7-20,22H2;1H. The number of halogens is 1. The van der Waals surface area contributed by atoms with E-state index < -0.39 is 0 Å². The quantitative estimate of drug-likeness (QED) is 0.209. The van der Waals surface area contributed by atoms with Crippen molar-refractivity contribution in [3.8, 4) is 0 Å². The van der Waals surface area contributed by atoms with E-state index in [-0.39, 0.29) is 17.0 Å². The van der Waals surface area contributed by atoms with E-state index >= 15 is 0 Å². The van der Waals surface area contributed by atoms with Gasteiger partial charge in [-0.1, -0.05) is 69.6 Å². The molecule has 0 bridgehead atoms. The lowest BCUT2D eigenvalue weighted by Crippen LogP contribution is -2.18. The van der Waals surface area contributed by atoms with Gasteiger partial charge in [-0.25, -0.2) is 0 Å². The molecular weight excluding hydrogens is 346 g/mol. The molecule has 0 aromatic carbocycles. The summed E-state index contributed by atoms with van der Waals surface area (Å²) in [5.41, 5.74) is 5.83. The molecule has 23 heavy (non-hydrogen) atoms. The second kappa shape index (κ2) is 18.0. The lowest BCUT2D eigenvalue weighted by molar-refractivity contribution is 0.260. The highest BCUT2D eigenvalue weighted by atomic mass is 79.9. The van der Waals surface area contributed by atoms with Crippen LogP contribution in [0.3, 0.4) is 0 Å². The third-order valence-corrected chi connectivity index (χ3v) is 4.64. The van der Waals surface area contributed by atoms with Gasteiger partial charge in [0, 0.05) is 0 Å². The van der Waals surface area contributed by atoms with E-state index in [4.69, 9.17) is 5.73 Å². The van der Waals surface area contributed by atoms with Gasteiger partial charge in [-0.3, -0.25) is 0 Å². The molecule has 0 aromatic rings. The minimum absolute atomic E-state index is 0. The summed E-state index contributed by atoms with van der Waals surface area (Å²) in [6.45, 7) is 12.6. The lowest BCUT2D eigenvalue weighted by atomic mass is 9.74. The molecule has 0 saturated heterocycles. The predicted molar refractivity (Wildman–Crippen MR) is 112 cm³/mol. The third kappa shape index (κ3) is 13.8. The van der Waals surface area contributed by atoms with Gasteiger partial charge >= 0.3 is 0 Å². The van der Waals surface area contributed by atoms with Gasteiger partial charge in [0.25, 0.3) is 0 Å². The largest absolute Gasteiger partial charge is 0.330 e. The van der Waals surface area contributed by atoms with Gasteiger partial charge in [0.1, 0.15) is 0 Å². The van der Waals surface area contributed by atoms with Gasteiger partial charge in [0.05, 0.1) is 0 Å². The fourth-order valence-corrected chi connectivity index (χ4v) is 3.36. The average molecular weight is 386 g/mol. The Morgan fingerprint density at radius 1 is 0.609 bits per heavy atom. The maximum atomic E-state index is 5.51. The normalized spacial score (nSPS) is 10.8. The maximum absolute atomic E-state index is 5.51. The maximum Gasteiger partial charge on any atom is -0.00773 e. The lowest BCUT2D eigenvalue weighted by Gasteiger charge is -2.31. The number of hydrogen-bond donors (Lipinski definition) is 1. The zero-order chi connectivity index (χ0) is 16.5. The molecular formula is C21H40BrN. The third-order valence-electron chi connectivity index (χ3n) is 4.64. The van der Waals surface area contributed by atoms with Crippen LogP contribution in [-0.4, -0.2) is 6.54 Å². The second-order valence-electron chi connectivity index (χ2n) is 6.70. The first-order valence-electron chi connectivity index (χ1n) is 9.27. The Balaban J connectivity index is 0. The fraction of sp³-hybridized carbons (Fsp3) is 0.714. The zero-order valence-electron chi connectivity index (χ0n) is 15.2. The Morgan fingerprint density at radius 2 is 0.957 bits per heavy atom. The number of hydrogen-bond acceptors (Lipinski definition) is 1. The van der Waals surface area contributed by atoms with Crippen LogP contribution in [0.1, 0.15) is 83.5 Å². The van der Waals surface area contributed by atoms with Crippen molar-refractivity contribution in [3.05, 3.63) is 38.0 Å². The smallest absolute Gasteiger partial charge is 0.00773 e. The first-order chi connectivity index (χ1) is 10.7. The highest BCUT2D eigenvalue weighted by molar-refractivity contribution is 8.93. The van der Waals surface area contributed by atoms with Gasteiger partial charge in [-0.05, 0) is 44.1 Å². The van der Waals surface area contributed by atoms with E-state index in [0.29, 0.717) is 5.41 Å². The molecule has 0 saturated carbocycles. The highest BCUT2D eigenvalue weighted by Crippen LogP contribution is 2.38. The van der Waals surface area contributed by atoms with Crippen LogP contribution in [-0.2, 0) is 0 Å². The first kappa shape index (κ1) is 24.9. The van der Waals surface area contributed by atoms with Gasteiger partial charge in [-0.15, -0.1) is 36.7 Å². The summed E-state index contributed by atoms with van der Waals surface area (Å²) in [5, 5.41) is 0. The molecule has 1 nitrogen and oxygen atoms in total. The van der Waals surface area contributed by atoms with Crippen molar-refractivity contribution >= 4 is 17.0 Å². The molecule has 136 valence electrons. The molecule has 0 spiro atoms. The minimum atomic E-state index is 0. The van der Waals surface area contributed by atoms with Crippen LogP contribution in [0, 0.1) is 5.41 Å². The number of unbranched alkanes of at least 4 members (excludes halogenated alkanes) is 8. The van der Waals surface area contributed by atoms with Crippen molar-refractivity contribution in [2.45, 2.75) is 83.5 Å². The van der Waals surface area contributed by atoms with Crippen LogP contribution in [0.25, 0.3) is 0 Å². The molecule has 0 heterocycles. The number of rotatable bonds is 17. The molecule has 0 unspecified atom stereocenters. The van der Waals surface area contributed by atoms with Crippen LogP contribution in [0.4, 0.5) is 0 Å². The van der Waals surface area contributed by atoms with E-state index in [9.17, 15) is 0 Å². The molecule has 0 rings (SSSR count). The van der Waals surface area contributed by atoms with Gasteiger partial charge in [0.2, 0.25) is 0 Å². The van der Waals surface area contributed by atoms with Gasteiger partial charge in [0.15, 0.2) is 0 Å². The van der Waals surface area contributed by atoms with Gasteiger partial charge in [-0.2, -0.15) is 0 Å². The van der Waals surface area contributed by atoms with Crippen molar-refractivity contribution in [3.63, 3.8) is 0 Å². The Labute approximate surface area is 156 Å². The van der Waals surface area contributed by atoms with E-state index in [2.05, 4.69) is 38.0 Å². The topological polar surface area (TPSA) is 26.0 Å². The zero-order valence-corrected chi connectivity index (χ0v) is 17.0. The van der Waals surface area contributed by atoms with Crippen molar-refractivity contribution in [2.24, 2.45) is 11.1 Å². The number of allylic oxidation sites excluding steroid dienone is 3. The van der Waals surface area contributed by atoms with Crippen molar-refractivity contribution in [2.75, 3.05) is 6.54 Å². The van der Waals surface area contributed by atoms with E-state index in [0.717, 1.165) is 25.8 Å². The summed E-state index contributed by atoms with van der Waals surface area (Å²) >= 11 is 0. The summed E-state index contributed by atoms with van der Waals surface area (Å²) in [6, 6.07) is 0. The Bertz CT molecular complexity index is 259. The predicted octanol–water partition coefficient (Wildman–Crippen LogP) is 7.14. The van der Waals surface area contributed by atoms with Crippen LogP contribution in [0.15, 0.2) is 38.0 Å². The molecule has 2 heteroatoms. The van der Waals surface area contributed by atoms with Crippen molar-refractivity contribution < 1.29 is 0 Å². The Kier molecular flexibility index (Phi) is 19.5. The van der Waals surface area contributed by atoms with Crippen LogP contribution in [0.2, 0.25) is 0 Å². The van der Waals surface area contributed by atoms with Crippen molar-refractivity contribution in [1.29, 1.82) is 0 Å². The highest BCUT2D eigenvalue weighted by Gasteiger charge is 2.25. The van der Waals surface area contributed by atoms with E-state index in [1.54, 1.807) is 0 Å². The molecule has 0 amide bonds. The fourth-order valence-electron chi connectivity index (χ4n) is 3.36. The summed E-state index contributed by atoms with van der Waals surface area (Å²) in [6.07, 6.45) is 22.8. The minimum Gasteiger partial charge on any atom is -0.330 e. The molecule has 0 fully saturated rings. The summed E-state index contributed by atoms with van der Waals surface area (Å²) in [4.78, 5) is 0. The Hall–Kier alpha value is -0.340. The van der Waals surface area contributed by atoms with Crippen LogP contribution < -0.4 is 5.73 Å². The SMILES string of the molecule is Br.C=CCC(CC=C)(CC=C)CCCCCCCCCCCN. The van der Waals surface area contributed by atoms with Gasteiger partial charge < -0.3 is 5.73 Å². The first-order valence-corrected chi connectivity index (χ1v) is 9.27.